The van der Waals surface area contributed by atoms with Crippen LogP contribution in [-0.4, -0.2) is 25.1 Å². The van der Waals surface area contributed by atoms with Gasteiger partial charge in [0.2, 0.25) is 5.88 Å². The summed E-state index contributed by atoms with van der Waals surface area (Å²) in [5.41, 5.74) is 7.99. The lowest BCUT2D eigenvalue weighted by molar-refractivity contribution is -0.139. The number of nitriles is 1. The number of nitrogens with zero attached hydrogens (tertiary/aromatic N) is 1. The molecule has 10 heteroatoms. The van der Waals surface area contributed by atoms with Crippen molar-refractivity contribution in [3.05, 3.63) is 79.8 Å². The summed E-state index contributed by atoms with van der Waals surface area (Å²) >= 11 is 9.45. The summed E-state index contributed by atoms with van der Waals surface area (Å²) in [5, 5.41) is 13.1. The number of hydrogen-bond acceptors (Lipinski definition) is 7. The van der Waals surface area contributed by atoms with E-state index in [0.717, 1.165) is 5.56 Å². The number of hydrogen-bond donors (Lipinski definition) is 2. The lowest BCUT2D eigenvalue weighted by Crippen LogP contribution is -2.26. The van der Waals surface area contributed by atoms with Crippen molar-refractivity contribution in [2.75, 3.05) is 18.5 Å². The molecule has 2 aromatic rings. The number of halogens is 2. The molecule has 0 fully saturated rings. The van der Waals surface area contributed by atoms with E-state index in [1.54, 1.807) is 50.2 Å². The van der Waals surface area contributed by atoms with Crippen LogP contribution in [0.2, 0.25) is 5.02 Å². The molecule has 0 aliphatic carbocycles. The summed E-state index contributed by atoms with van der Waals surface area (Å²) in [6.07, 6.45) is 0. The largest absolute Gasteiger partial charge is 0.483 e. The molecule has 0 bridgehead atoms. The summed E-state index contributed by atoms with van der Waals surface area (Å²) in [7, 11) is 0. The predicted molar refractivity (Wildman–Crippen MR) is 134 cm³/mol. The summed E-state index contributed by atoms with van der Waals surface area (Å²) in [5.74, 6) is -1.60. The molecule has 0 saturated heterocycles. The number of nitrogens with two attached hydrogens (primary N) is 1. The van der Waals surface area contributed by atoms with Gasteiger partial charge >= 0.3 is 5.97 Å². The predicted octanol–water partition coefficient (Wildman–Crippen LogP) is 5.07. The number of rotatable bonds is 7. The van der Waals surface area contributed by atoms with E-state index in [-0.39, 0.29) is 41.8 Å². The zero-order valence-corrected chi connectivity index (χ0v) is 21.6. The molecule has 1 unspecified atom stereocenters. The molecule has 0 spiro atoms. The zero-order chi connectivity index (χ0) is 25.7. The molecular formula is C25H23BrClN3O5. The van der Waals surface area contributed by atoms with Crippen molar-refractivity contribution >= 4 is 45.1 Å². The normalized spacial score (nSPS) is 15.3. The third-order valence-electron chi connectivity index (χ3n) is 5.22. The number of ether oxygens (including phenoxy) is 3. The summed E-state index contributed by atoms with van der Waals surface area (Å²) in [6.45, 7) is 4.89. The Morgan fingerprint density at radius 3 is 2.69 bits per heavy atom. The Morgan fingerprint density at radius 2 is 2.00 bits per heavy atom. The molecule has 1 heterocycles. The van der Waals surface area contributed by atoms with E-state index < -0.39 is 17.8 Å². The highest BCUT2D eigenvalue weighted by molar-refractivity contribution is 9.10. The van der Waals surface area contributed by atoms with Crippen molar-refractivity contribution in [3.8, 4) is 11.8 Å². The van der Waals surface area contributed by atoms with Gasteiger partial charge in [0.25, 0.3) is 5.91 Å². The summed E-state index contributed by atoms with van der Waals surface area (Å²) < 4.78 is 17.2. The second-order valence-electron chi connectivity index (χ2n) is 7.59. The van der Waals surface area contributed by atoms with Crippen LogP contribution in [0.3, 0.4) is 0 Å². The first kappa shape index (κ1) is 26.1. The maximum Gasteiger partial charge on any atom is 0.338 e. The molecule has 1 atom stereocenters. The highest BCUT2D eigenvalue weighted by atomic mass is 79.9. The minimum absolute atomic E-state index is 0.0283. The van der Waals surface area contributed by atoms with Crippen molar-refractivity contribution in [2.24, 2.45) is 5.73 Å². The van der Waals surface area contributed by atoms with E-state index in [1.165, 1.54) is 0 Å². The van der Waals surface area contributed by atoms with Crippen LogP contribution in [0.5, 0.6) is 5.75 Å². The number of esters is 1. The van der Waals surface area contributed by atoms with E-state index in [9.17, 15) is 14.9 Å². The van der Waals surface area contributed by atoms with Gasteiger partial charge < -0.3 is 25.3 Å². The fourth-order valence-electron chi connectivity index (χ4n) is 3.60. The molecule has 35 heavy (non-hydrogen) atoms. The number of aryl methyl sites for hydroxylation is 1. The first-order valence-corrected chi connectivity index (χ1v) is 11.8. The third kappa shape index (κ3) is 5.96. The van der Waals surface area contributed by atoms with Crippen LogP contribution in [-0.2, 0) is 19.1 Å². The first-order chi connectivity index (χ1) is 16.7. The fraction of sp³-hybridized carbons (Fsp3) is 0.240. The molecule has 1 aliphatic heterocycles. The third-order valence-corrected chi connectivity index (χ3v) is 5.94. The molecule has 1 aliphatic rings. The SMILES string of the molecule is CCOC(=O)C1=C(C)OC(N)=C(C#N)C1c1cc(Br)ccc1OCC(=O)Nc1cc(Cl)ccc1C. The summed E-state index contributed by atoms with van der Waals surface area (Å²) in [4.78, 5) is 25.4. The number of anilines is 1. The molecule has 3 N–H and O–H groups in total. The molecule has 1 amide bonds. The lowest BCUT2D eigenvalue weighted by atomic mass is 9.82. The minimum Gasteiger partial charge on any atom is -0.483 e. The number of amides is 1. The van der Waals surface area contributed by atoms with Crippen LogP contribution in [0, 0.1) is 18.3 Å². The standard InChI is InChI=1S/C25H23BrClN3O5/c1-4-33-25(32)22-14(3)35-24(29)18(11-28)23(22)17-9-15(26)6-8-20(17)34-12-21(31)30-19-10-16(27)7-5-13(19)2/h5-10,23H,4,12,29H2,1-3H3,(H,30,31). The van der Waals surface area contributed by atoms with Crippen LogP contribution < -0.4 is 15.8 Å². The average Bonchev–Trinajstić information content (AvgIpc) is 2.80. The number of benzene rings is 2. The second kappa shape index (κ2) is 11.3. The number of allylic oxidation sites excluding steroid dienone is 2. The number of carbonyl (C=O) groups is 2. The maximum absolute atomic E-state index is 12.8. The van der Waals surface area contributed by atoms with Crippen LogP contribution in [0.4, 0.5) is 5.69 Å². The Kier molecular flexibility index (Phi) is 8.43. The quantitative estimate of drug-likeness (QED) is 0.453. The van der Waals surface area contributed by atoms with Gasteiger partial charge in [-0.2, -0.15) is 5.26 Å². The topological polar surface area (TPSA) is 124 Å². The van der Waals surface area contributed by atoms with E-state index in [0.29, 0.717) is 20.7 Å². The fourth-order valence-corrected chi connectivity index (χ4v) is 4.15. The van der Waals surface area contributed by atoms with E-state index in [2.05, 4.69) is 21.2 Å². The van der Waals surface area contributed by atoms with Gasteiger partial charge in [0.05, 0.1) is 18.1 Å². The van der Waals surface area contributed by atoms with Crippen LogP contribution >= 0.6 is 27.5 Å². The Bertz CT molecular complexity index is 1280. The van der Waals surface area contributed by atoms with Crippen molar-refractivity contribution in [1.82, 2.24) is 0 Å². The van der Waals surface area contributed by atoms with Gasteiger partial charge in [-0.05, 0) is 56.7 Å². The number of carbonyl (C=O) groups excluding carboxylic acids is 2. The zero-order valence-electron chi connectivity index (χ0n) is 19.3. The van der Waals surface area contributed by atoms with E-state index in [4.69, 9.17) is 31.5 Å². The average molecular weight is 561 g/mol. The van der Waals surface area contributed by atoms with Crippen LogP contribution in [0.25, 0.3) is 0 Å². The van der Waals surface area contributed by atoms with Crippen molar-refractivity contribution in [3.63, 3.8) is 0 Å². The lowest BCUT2D eigenvalue weighted by Gasteiger charge is -2.28. The second-order valence-corrected chi connectivity index (χ2v) is 8.95. The van der Waals surface area contributed by atoms with Crippen LogP contribution in [0.1, 0.15) is 30.9 Å². The number of nitrogens with one attached hydrogen (secondary N) is 1. The highest BCUT2D eigenvalue weighted by Crippen LogP contribution is 2.43. The van der Waals surface area contributed by atoms with Crippen molar-refractivity contribution in [1.29, 1.82) is 5.26 Å². The Hall–Kier alpha value is -3.48. The Morgan fingerprint density at radius 1 is 1.26 bits per heavy atom. The Balaban J connectivity index is 1.96. The molecule has 0 aromatic heterocycles. The van der Waals surface area contributed by atoms with Gasteiger partial charge in [0.1, 0.15) is 23.2 Å². The van der Waals surface area contributed by atoms with Crippen molar-refractivity contribution in [2.45, 2.75) is 26.7 Å². The summed E-state index contributed by atoms with van der Waals surface area (Å²) in [6, 6.07) is 12.3. The molecular weight excluding hydrogens is 538 g/mol. The first-order valence-electron chi connectivity index (χ1n) is 10.6. The molecule has 0 radical (unpaired) electrons. The van der Waals surface area contributed by atoms with E-state index in [1.807, 2.05) is 13.0 Å². The monoisotopic (exact) mass is 559 g/mol. The van der Waals surface area contributed by atoms with Gasteiger partial charge in [0, 0.05) is 20.7 Å². The molecule has 8 nitrogen and oxygen atoms in total. The van der Waals surface area contributed by atoms with Gasteiger partial charge in [-0.15, -0.1) is 0 Å². The molecule has 0 saturated carbocycles. The van der Waals surface area contributed by atoms with Gasteiger partial charge in [-0.25, -0.2) is 4.79 Å². The Labute approximate surface area is 216 Å². The van der Waals surface area contributed by atoms with Crippen LogP contribution in [0.15, 0.2) is 63.7 Å². The van der Waals surface area contributed by atoms with E-state index >= 15 is 0 Å². The molecule has 2 aromatic carbocycles. The molecule has 3 rings (SSSR count). The van der Waals surface area contributed by atoms with Gasteiger partial charge in [-0.1, -0.05) is 33.6 Å². The minimum atomic E-state index is -0.918. The van der Waals surface area contributed by atoms with Gasteiger partial charge in [0.15, 0.2) is 6.61 Å². The van der Waals surface area contributed by atoms with Gasteiger partial charge in [-0.3, -0.25) is 4.79 Å². The highest BCUT2D eigenvalue weighted by Gasteiger charge is 2.38. The molecule has 182 valence electrons. The smallest absolute Gasteiger partial charge is 0.338 e. The van der Waals surface area contributed by atoms with Crippen molar-refractivity contribution < 1.29 is 23.8 Å². The maximum atomic E-state index is 12.8.